The molecule has 1 atom stereocenters. The van der Waals surface area contributed by atoms with Gasteiger partial charge < -0.3 is 10.5 Å². The molecule has 1 aromatic carbocycles. The van der Waals surface area contributed by atoms with Crippen molar-refractivity contribution in [3.8, 4) is 0 Å². The Hall–Kier alpha value is -1.27. The van der Waals surface area contributed by atoms with Gasteiger partial charge in [0.15, 0.2) is 0 Å². The van der Waals surface area contributed by atoms with Crippen LogP contribution in [0.3, 0.4) is 0 Å². The van der Waals surface area contributed by atoms with Crippen molar-refractivity contribution >= 4 is 21.4 Å². The molecule has 1 aliphatic rings. The number of benzene rings is 1. The van der Waals surface area contributed by atoms with Gasteiger partial charge in [0.05, 0.1) is 23.2 Å². The molecule has 0 saturated carbocycles. The molecule has 0 aromatic heterocycles. The fraction of sp³-hybridized carbons (Fsp3) is 0.538. The normalized spacial score (nSPS) is 19.6. The Morgan fingerprint density at radius 2 is 2.05 bits per heavy atom. The molecular weight excluding hydrogens is 264 g/mol. The Morgan fingerprint density at radius 1 is 1.37 bits per heavy atom. The second-order valence-electron chi connectivity index (χ2n) is 5.04. The molecule has 106 valence electrons. The van der Waals surface area contributed by atoms with E-state index >= 15 is 0 Å². The fourth-order valence-electron chi connectivity index (χ4n) is 2.16. The van der Waals surface area contributed by atoms with Crippen LogP contribution >= 0.6 is 0 Å². The highest BCUT2D eigenvalue weighted by Crippen LogP contribution is 2.24. The van der Waals surface area contributed by atoms with E-state index in [4.69, 9.17) is 10.5 Å². The minimum absolute atomic E-state index is 0.0145. The van der Waals surface area contributed by atoms with E-state index in [0.29, 0.717) is 18.0 Å². The lowest BCUT2D eigenvalue weighted by Gasteiger charge is -2.14. The first-order valence-electron chi connectivity index (χ1n) is 6.36. The van der Waals surface area contributed by atoms with E-state index in [1.165, 1.54) is 0 Å². The summed E-state index contributed by atoms with van der Waals surface area (Å²) in [5.74, 6) is -0.0145. The first-order chi connectivity index (χ1) is 8.87. The van der Waals surface area contributed by atoms with Crippen LogP contribution in [0.15, 0.2) is 12.1 Å². The maximum atomic E-state index is 12.1. The predicted octanol–water partition coefficient (Wildman–Crippen LogP) is 1.81. The van der Waals surface area contributed by atoms with Gasteiger partial charge in [0.2, 0.25) is 10.0 Å². The molecule has 1 heterocycles. The van der Waals surface area contributed by atoms with Gasteiger partial charge >= 0.3 is 0 Å². The highest BCUT2D eigenvalue weighted by atomic mass is 32.2. The molecule has 0 aliphatic carbocycles. The predicted molar refractivity (Wildman–Crippen MR) is 76.7 cm³/mol. The lowest BCUT2D eigenvalue weighted by Crippen LogP contribution is -2.26. The van der Waals surface area contributed by atoms with Crippen LogP contribution in [-0.2, 0) is 14.8 Å². The number of nitrogens with two attached hydrogens (primary N) is 1. The third-order valence-corrected chi connectivity index (χ3v) is 4.70. The largest absolute Gasteiger partial charge is 0.397 e. The van der Waals surface area contributed by atoms with Gasteiger partial charge in [0.25, 0.3) is 0 Å². The zero-order valence-electron chi connectivity index (χ0n) is 11.3. The van der Waals surface area contributed by atoms with Crippen molar-refractivity contribution in [2.24, 2.45) is 0 Å². The zero-order chi connectivity index (χ0) is 14.0. The van der Waals surface area contributed by atoms with E-state index in [0.717, 1.165) is 24.0 Å². The number of anilines is 2. The summed E-state index contributed by atoms with van der Waals surface area (Å²) < 4.78 is 32.0. The highest BCUT2D eigenvalue weighted by Gasteiger charge is 2.23. The highest BCUT2D eigenvalue weighted by molar-refractivity contribution is 7.92. The van der Waals surface area contributed by atoms with Crippen molar-refractivity contribution in [3.63, 3.8) is 0 Å². The van der Waals surface area contributed by atoms with E-state index in [1.807, 2.05) is 13.8 Å². The minimum atomic E-state index is -3.43. The van der Waals surface area contributed by atoms with Crippen molar-refractivity contribution in [1.82, 2.24) is 0 Å². The Labute approximate surface area is 114 Å². The maximum absolute atomic E-state index is 12.1. The number of rotatable bonds is 4. The molecule has 0 bridgehead atoms. The third kappa shape index (κ3) is 3.61. The minimum Gasteiger partial charge on any atom is -0.397 e. The Morgan fingerprint density at radius 3 is 2.68 bits per heavy atom. The summed E-state index contributed by atoms with van der Waals surface area (Å²) in [6.45, 7) is 4.51. The van der Waals surface area contributed by atoms with Gasteiger partial charge in [0, 0.05) is 6.61 Å². The zero-order valence-corrected chi connectivity index (χ0v) is 12.1. The molecule has 0 radical (unpaired) electrons. The van der Waals surface area contributed by atoms with Crippen LogP contribution in [0.5, 0.6) is 0 Å². The van der Waals surface area contributed by atoms with Crippen molar-refractivity contribution in [3.05, 3.63) is 23.3 Å². The van der Waals surface area contributed by atoms with E-state index in [9.17, 15) is 8.42 Å². The molecule has 1 saturated heterocycles. The molecule has 0 spiro atoms. The number of hydrogen-bond acceptors (Lipinski definition) is 4. The second-order valence-corrected chi connectivity index (χ2v) is 6.81. The summed E-state index contributed by atoms with van der Waals surface area (Å²) in [6.07, 6.45) is 1.51. The quantitative estimate of drug-likeness (QED) is 0.826. The van der Waals surface area contributed by atoms with Gasteiger partial charge in [-0.2, -0.15) is 0 Å². The number of nitrogen functional groups attached to an aromatic ring is 1. The van der Waals surface area contributed by atoms with Crippen LogP contribution in [0.2, 0.25) is 0 Å². The average Bonchev–Trinajstić information content (AvgIpc) is 2.77. The Kier molecular flexibility index (Phi) is 4.01. The average molecular weight is 284 g/mol. The lowest BCUT2D eigenvalue weighted by molar-refractivity contribution is 0.127. The van der Waals surface area contributed by atoms with Crippen molar-refractivity contribution in [2.45, 2.75) is 32.8 Å². The summed E-state index contributed by atoms with van der Waals surface area (Å²) in [7, 11) is -3.43. The number of aryl methyl sites for hydroxylation is 2. The van der Waals surface area contributed by atoms with Crippen LogP contribution in [0.4, 0.5) is 11.4 Å². The van der Waals surface area contributed by atoms with Crippen molar-refractivity contribution in [1.29, 1.82) is 0 Å². The van der Waals surface area contributed by atoms with Crippen LogP contribution in [0.25, 0.3) is 0 Å². The molecule has 0 amide bonds. The molecule has 1 aromatic rings. The van der Waals surface area contributed by atoms with E-state index < -0.39 is 10.0 Å². The van der Waals surface area contributed by atoms with Crippen LogP contribution in [0.1, 0.15) is 24.0 Å². The summed E-state index contributed by atoms with van der Waals surface area (Å²) >= 11 is 0. The maximum Gasteiger partial charge on any atom is 0.235 e. The topological polar surface area (TPSA) is 81.4 Å². The summed E-state index contributed by atoms with van der Waals surface area (Å²) in [5, 5.41) is 0. The molecular formula is C13H20N2O3S. The van der Waals surface area contributed by atoms with Crippen LogP contribution < -0.4 is 10.5 Å². The second kappa shape index (κ2) is 5.38. The van der Waals surface area contributed by atoms with Crippen molar-refractivity contribution < 1.29 is 13.2 Å². The fourth-order valence-corrected chi connectivity index (χ4v) is 3.50. The first-order valence-corrected chi connectivity index (χ1v) is 8.01. The van der Waals surface area contributed by atoms with Gasteiger partial charge in [-0.15, -0.1) is 0 Å². The summed E-state index contributed by atoms with van der Waals surface area (Å²) in [5.41, 5.74) is 8.78. The van der Waals surface area contributed by atoms with E-state index in [2.05, 4.69) is 4.72 Å². The van der Waals surface area contributed by atoms with Gasteiger partial charge in [-0.3, -0.25) is 4.72 Å². The summed E-state index contributed by atoms with van der Waals surface area (Å²) in [6, 6.07) is 3.54. The van der Waals surface area contributed by atoms with E-state index in [1.54, 1.807) is 12.1 Å². The van der Waals surface area contributed by atoms with Gasteiger partial charge in [-0.25, -0.2) is 8.42 Å². The molecule has 2 rings (SSSR count). The number of sulfonamides is 1. The Bertz CT molecular complexity index is 563. The third-order valence-electron chi connectivity index (χ3n) is 3.36. The van der Waals surface area contributed by atoms with E-state index in [-0.39, 0.29) is 11.9 Å². The summed E-state index contributed by atoms with van der Waals surface area (Å²) in [4.78, 5) is 0. The monoisotopic (exact) mass is 284 g/mol. The SMILES string of the molecule is Cc1cc(N)c(NS(=O)(=O)CC2CCCO2)cc1C. The standard InChI is InChI=1S/C13H20N2O3S/c1-9-6-12(14)13(7-10(9)2)15-19(16,17)8-11-4-3-5-18-11/h6-7,11,15H,3-5,8,14H2,1-2H3. The first kappa shape index (κ1) is 14.1. The van der Waals surface area contributed by atoms with Gasteiger partial charge in [-0.1, -0.05) is 0 Å². The van der Waals surface area contributed by atoms with Gasteiger partial charge in [-0.05, 0) is 49.9 Å². The number of nitrogens with one attached hydrogen (secondary N) is 1. The van der Waals surface area contributed by atoms with Crippen LogP contribution in [-0.4, -0.2) is 26.9 Å². The van der Waals surface area contributed by atoms with Crippen molar-refractivity contribution in [2.75, 3.05) is 22.8 Å². The smallest absolute Gasteiger partial charge is 0.235 e. The van der Waals surface area contributed by atoms with Crippen LogP contribution in [0, 0.1) is 13.8 Å². The molecule has 1 aliphatic heterocycles. The molecule has 6 heteroatoms. The number of hydrogen-bond donors (Lipinski definition) is 2. The molecule has 19 heavy (non-hydrogen) atoms. The Balaban J connectivity index is 2.13. The lowest BCUT2D eigenvalue weighted by atomic mass is 10.1. The molecule has 3 N–H and O–H groups in total. The number of ether oxygens (including phenoxy) is 1. The molecule has 1 unspecified atom stereocenters. The van der Waals surface area contributed by atoms with Gasteiger partial charge in [0.1, 0.15) is 0 Å². The molecule has 1 fully saturated rings. The molecule has 5 nitrogen and oxygen atoms in total.